The molecule has 1 N–H and O–H groups in total. The minimum absolute atomic E-state index is 0.0944. The first kappa shape index (κ1) is 18.2. The second-order valence-corrected chi connectivity index (χ2v) is 6.73. The molecule has 1 heterocycles. The number of carbonyl (C=O) groups is 1. The van der Waals surface area contributed by atoms with Gasteiger partial charge >= 0.3 is 0 Å². The third kappa shape index (κ3) is 4.71. The molecular weight excluding hydrogens is 348 g/mol. The van der Waals surface area contributed by atoms with Crippen LogP contribution < -0.4 is 5.32 Å². The van der Waals surface area contributed by atoms with Gasteiger partial charge < -0.3 is 10.1 Å². The van der Waals surface area contributed by atoms with Gasteiger partial charge in [0, 0.05) is 18.5 Å². The van der Waals surface area contributed by atoms with Gasteiger partial charge in [0.2, 0.25) is 5.91 Å². The van der Waals surface area contributed by atoms with Gasteiger partial charge in [0.1, 0.15) is 6.33 Å². The molecule has 26 heavy (non-hydrogen) atoms. The number of methoxy groups -OCH3 is 1. The van der Waals surface area contributed by atoms with E-state index in [1.165, 1.54) is 17.3 Å². The van der Waals surface area contributed by atoms with Crippen molar-refractivity contribution < 1.29 is 9.53 Å². The van der Waals surface area contributed by atoms with E-state index in [0.29, 0.717) is 11.8 Å². The second-order valence-electron chi connectivity index (χ2n) is 5.79. The van der Waals surface area contributed by atoms with Crippen molar-refractivity contribution in [1.29, 1.82) is 0 Å². The lowest BCUT2D eigenvalue weighted by atomic mass is 10.2. The molecular formula is C19H20N4O2S. The van der Waals surface area contributed by atoms with Gasteiger partial charge in [-0.25, -0.2) is 0 Å². The predicted molar refractivity (Wildman–Crippen MR) is 103 cm³/mol. The van der Waals surface area contributed by atoms with Crippen LogP contribution in [0.3, 0.4) is 0 Å². The number of rotatable bonds is 7. The molecule has 0 aliphatic carbocycles. The van der Waals surface area contributed by atoms with E-state index in [1.807, 2.05) is 60.0 Å². The first-order chi connectivity index (χ1) is 12.7. The highest BCUT2D eigenvalue weighted by Gasteiger charge is 2.10. The lowest BCUT2D eigenvalue weighted by Gasteiger charge is -2.08. The number of benzene rings is 2. The summed E-state index contributed by atoms with van der Waals surface area (Å²) in [5, 5.41) is 11.6. The third-order valence-electron chi connectivity index (χ3n) is 3.68. The van der Waals surface area contributed by atoms with E-state index in [9.17, 15) is 4.79 Å². The number of carbonyl (C=O) groups excluding carboxylic acids is 1. The number of amides is 1. The Morgan fingerprint density at radius 1 is 1.23 bits per heavy atom. The van der Waals surface area contributed by atoms with Crippen molar-refractivity contribution in [3.63, 3.8) is 0 Å². The van der Waals surface area contributed by atoms with Crippen LogP contribution in [0.4, 0.5) is 5.69 Å². The van der Waals surface area contributed by atoms with Gasteiger partial charge in [-0.1, -0.05) is 41.6 Å². The zero-order chi connectivity index (χ0) is 18.4. The molecule has 7 heteroatoms. The van der Waals surface area contributed by atoms with Crippen LogP contribution >= 0.6 is 11.8 Å². The molecule has 134 valence electrons. The highest BCUT2D eigenvalue weighted by Crippen LogP contribution is 2.20. The molecule has 1 amide bonds. The number of aryl methyl sites for hydroxylation is 1. The van der Waals surface area contributed by atoms with Gasteiger partial charge in [-0.2, -0.15) is 0 Å². The number of hydrogen-bond donors (Lipinski definition) is 1. The first-order valence-electron chi connectivity index (χ1n) is 8.13. The molecule has 0 atom stereocenters. The summed E-state index contributed by atoms with van der Waals surface area (Å²) in [6.07, 6.45) is 1.65. The molecule has 0 unspecified atom stereocenters. The van der Waals surface area contributed by atoms with Crippen LogP contribution in [-0.4, -0.2) is 33.5 Å². The van der Waals surface area contributed by atoms with Crippen LogP contribution in [0.1, 0.15) is 11.1 Å². The van der Waals surface area contributed by atoms with Crippen LogP contribution in [0.5, 0.6) is 0 Å². The molecule has 1 aromatic heterocycles. The molecule has 3 rings (SSSR count). The maximum atomic E-state index is 12.2. The lowest BCUT2D eigenvalue weighted by Crippen LogP contribution is -2.14. The molecule has 0 aliphatic rings. The zero-order valence-corrected chi connectivity index (χ0v) is 15.5. The first-order valence-corrected chi connectivity index (χ1v) is 9.12. The van der Waals surface area contributed by atoms with Crippen LogP contribution in [-0.2, 0) is 16.1 Å². The molecule has 0 radical (unpaired) electrons. The number of hydrogen-bond acceptors (Lipinski definition) is 5. The Labute approximate surface area is 156 Å². The Bertz CT molecular complexity index is 877. The Hall–Kier alpha value is -2.64. The van der Waals surface area contributed by atoms with Gasteiger partial charge in [-0.15, -0.1) is 10.2 Å². The molecule has 6 nitrogen and oxygen atoms in total. The molecule has 0 aliphatic heterocycles. The smallest absolute Gasteiger partial charge is 0.234 e. The summed E-state index contributed by atoms with van der Waals surface area (Å²) < 4.78 is 6.98. The van der Waals surface area contributed by atoms with E-state index in [1.54, 1.807) is 13.4 Å². The summed E-state index contributed by atoms with van der Waals surface area (Å²) in [5.74, 6) is 0.155. The largest absolute Gasteiger partial charge is 0.380 e. The van der Waals surface area contributed by atoms with Gasteiger partial charge in [-0.3, -0.25) is 9.36 Å². The van der Waals surface area contributed by atoms with Crippen LogP contribution in [0, 0.1) is 6.92 Å². The fraction of sp³-hybridized carbons (Fsp3) is 0.211. The number of aromatic nitrogens is 3. The highest BCUT2D eigenvalue weighted by molar-refractivity contribution is 7.99. The summed E-state index contributed by atoms with van der Waals surface area (Å²) in [5.41, 5.74) is 3.92. The van der Waals surface area contributed by atoms with Crippen molar-refractivity contribution in [2.75, 3.05) is 18.2 Å². The number of thioether (sulfide) groups is 1. The summed E-state index contributed by atoms with van der Waals surface area (Å²) in [6.45, 7) is 2.55. The van der Waals surface area contributed by atoms with E-state index < -0.39 is 0 Å². The highest BCUT2D eigenvalue weighted by atomic mass is 32.2. The number of nitrogens with zero attached hydrogens (tertiary/aromatic N) is 3. The maximum absolute atomic E-state index is 12.2. The van der Waals surface area contributed by atoms with E-state index in [-0.39, 0.29) is 11.7 Å². The summed E-state index contributed by atoms with van der Waals surface area (Å²) in [6, 6.07) is 15.7. The Morgan fingerprint density at radius 3 is 2.81 bits per heavy atom. The summed E-state index contributed by atoms with van der Waals surface area (Å²) in [7, 11) is 1.64. The van der Waals surface area contributed by atoms with Crippen molar-refractivity contribution in [3.8, 4) is 5.69 Å². The lowest BCUT2D eigenvalue weighted by molar-refractivity contribution is -0.113. The van der Waals surface area contributed by atoms with E-state index >= 15 is 0 Å². The van der Waals surface area contributed by atoms with Gasteiger partial charge in [0.05, 0.1) is 12.4 Å². The molecule has 0 saturated heterocycles. The van der Waals surface area contributed by atoms with Gasteiger partial charge in [0.25, 0.3) is 0 Å². The van der Waals surface area contributed by atoms with Crippen molar-refractivity contribution in [3.05, 3.63) is 66.0 Å². The number of anilines is 1. The van der Waals surface area contributed by atoms with Crippen molar-refractivity contribution in [1.82, 2.24) is 14.8 Å². The fourth-order valence-corrected chi connectivity index (χ4v) is 3.17. The van der Waals surface area contributed by atoms with Gasteiger partial charge in [0.15, 0.2) is 5.16 Å². The maximum Gasteiger partial charge on any atom is 0.234 e. The third-order valence-corrected chi connectivity index (χ3v) is 4.63. The monoisotopic (exact) mass is 368 g/mol. The molecule has 0 fully saturated rings. The number of nitrogens with one attached hydrogen (secondary N) is 1. The second kappa shape index (κ2) is 8.64. The zero-order valence-electron chi connectivity index (χ0n) is 14.7. The Kier molecular flexibility index (Phi) is 6.04. The molecule has 0 saturated carbocycles. The molecule has 2 aromatic carbocycles. The molecule has 0 spiro atoms. The number of ether oxygens (including phenoxy) is 1. The van der Waals surface area contributed by atoms with Crippen molar-refractivity contribution in [2.24, 2.45) is 0 Å². The van der Waals surface area contributed by atoms with Gasteiger partial charge in [-0.05, 0) is 36.8 Å². The van der Waals surface area contributed by atoms with E-state index in [2.05, 4.69) is 15.5 Å². The molecule has 3 aromatic rings. The van der Waals surface area contributed by atoms with Crippen molar-refractivity contribution >= 4 is 23.4 Å². The van der Waals surface area contributed by atoms with Crippen LogP contribution in [0.25, 0.3) is 5.69 Å². The normalized spacial score (nSPS) is 10.7. The summed E-state index contributed by atoms with van der Waals surface area (Å²) >= 11 is 1.35. The van der Waals surface area contributed by atoms with E-state index in [0.717, 1.165) is 16.9 Å². The standard InChI is InChI=1S/C19H20N4O2S/c1-14-6-8-17(9-7-14)23-13-20-22-19(23)26-12-18(24)21-16-5-3-4-15(10-16)11-25-2/h3-10,13H,11-12H2,1-2H3,(H,21,24). The predicted octanol–water partition coefficient (Wildman–Crippen LogP) is 3.45. The fourth-order valence-electron chi connectivity index (χ4n) is 2.44. The summed E-state index contributed by atoms with van der Waals surface area (Å²) in [4.78, 5) is 12.2. The Morgan fingerprint density at radius 2 is 2.04 bits per heavy atom. The van der Waals surface area contributed by atoms with Crippen LogP contribution in [0.2, 0.25) is 0 Å². The van der Waals surface area contributed by atoms with Crippen molar-refractivity contribution in [2.45, 2.75) is 18.7 Å². The van der Waals surface area contributed by atoms with Crippen LogP contribution in [0.15, 0.2) is 60.0 Å². The quantitative estimate of drug-likeness (QED) is 0.647. The Balaban J connectivity index is 1.61. The molecule has 0 bridgehead atoms. The average Bonchev–Trinajstić information content (AvgIpc) is 3.10. The van der Waals surface area contributed by atoms with E-state index in [4.69, 9.17) is 4.74 Å². The topological polar surface area (TPSA) is 69.0 Å². The SMILES string of the molecule is COCc1cccc(NC(=O)CSc2nncn2-c2ccc(C)cc2)c1. The minimum atomic E-state index is -0.0944. The minimum Gasteiger partial charge on any atom is -0.380 e. The average molecular weight is 368 g/mol.